The summed E-state index contributed by atoms with van der Waals surface area (Å²) in [6.07, 6.45) is 0. The number of carbonyl (C=O) groups excluding carboxylic acids is 3. The van der Waals surface area contributed by atoms with E-state index in [4.69, 9.17) is 0 Å². The van der Waals surface area contributed by atoms with Crippen molar-refractivity contribution in [2.75, 3.05) is 6.54 Å². The van der Waals surface area contributed by atoms with E-state index < -0.39 is 17.5 Å². The van der Waals surface area contributed by atoms with Crippen molar-refractivity contribution in [1.82, 2.24) is 15.1 Å². The average Bonchev–Trinajstić information content (AvgIpc) is 3.13. The average molecular weight is 478 g/mol. The molecular formula is C30H27N3O3. The summed E-state index contributed by atoms with van der Waals surface area (Å²) in [5, 5.41) is 4.85. The van der Waals surface area contributed by atoms with Gasteiger partial charge in [-0.25, -0.2) is 4.79 Å². The first kappa shape index (κ1) is 23.3. The van der Waals surface area contributed by atoms with Crippen molar-refractivity contribution < 1.29 is 14.4 Å². The van der Waals surface area contributed by atoms with Crippen LogP contribution in [0.5, 0.6) is 0 Å². The SMILES string of the molecule is C[C@@]1(c2ccc3ccccc3c2)NC(=O)N(CC(=O)N(Cc2ccccc2)Cc2ccccc2)C1=O. The Hall–Kier alpha value is -4.45. The second-order valence-corrected chi connectivity index (χ2v) is 9.23. The molecule has 1 aliphatic heterocycles. The Balaban J connectivity index is 1.38. The van der Waals surface area contributed by atoms with Crippen molar-refractivity contribution in [3.8, 4) is 0 Å². The van der Waals surface area contributed by atoms with Gasteiger partial charge >= 0.3 is 6.03 Å². The third-order valence-corrected chi connectivity index (χ3v) is 6.68. The van der Waals surface area contributed by atoms with Crippen molar-refractivity contribution in [3.05, 3.63) is 120 Å². The highest BCUT2D eigenvalue weighted by Crippen LogP contribution is 2.31. The van der Waals surface area contributed by atoms with E-state index >= 15 is 0 Å². The lowest BCUT2D eigenvalue weighted by molar-refractivity contribution is -0.139. The fourth-order valence-electron chi connectivity index (χ4n) is 4.61. The monoisotopic (exact) mass is 477 g/mol. The smallest absolute Gasteiger partial charge is 0.325 e. The largest absolute Gasteiger partial charge is 0.332 e. The molecule has 4 aromatic rings. The minimum absolute atomic E-state index is 0.297. The third-order valence-electron chi connectivity index (χ3n) is 6.68. The minimum Gasteiger partial charge on any atom is -0.332 e. The fraction of sp³-hybridized carbons (Fsp3) is 0.167. The predicted molar refractivity (Wildman–Crippen MR) is 139 cm³/mol. The molecule has 180 valence electrons. The quantitative estimate of drug-likeness (QED) is 0.388. The molecule has 0 saturated carbocycles. The molecule has 1 N–H and O–H groups in total. The molecule has 0 radical (unpaired) electrons. The van der Waals surface area contributed by atoms with Gasteiger partial charge in [-0.2, -0.15) is 0 Å². The summed E-state index contributed by atoms with van der Waals surface area (Å²) >= 11 is 0. The lowest BCUT2D eigenvalue weighted by atomic mass is 9.90. The van der Waals surface area contributed by atoms with Crippen LogP contribution in [-0.2, 0) is 28.2 Å². The summed E-state index contributed by atoms with van der Waals surface area (Å²) in [5.74, 6) is -0.732. The van der Waals surface area contributed by atoms with Crippen LogP contribution in [0.3, 0.4) is 0 Å². The molecule has 1 aliphatic rings. The van der Waals surface area contributed by atoms with Gasteiger partial charge in [0.15, 0.2) is 0 Å². The molecule has 1 atom stereocenters. The van der Waals surface area contributed by atoms with E-state index in [1.807, 2.05) is 103 Å². The van der Waals surface area contributed by atoms with E-state index in [-0.39, 0.29) is 12.5 Å². The topological polar surface area (TPSA) is 69.7 Å². The first-order valence-electron chi connectivity index (χ1n) is 11.9. The molecule has 4 amide bonds. The highest BCUT2D eigenvalue weighted by Gasteiger charge is 2.49. The molecule has 1 heterocycles. The zero-order valence-corrected chi connectivity index (χ0v) is 20.1. The van der Waals surface area contributed by atoms with Gasteiger partial charge in [0.05, 0.1) is 0 Å². The van der Waals surface area contributed by atoms with Gasteiger partial charge < -0.3 is 10.2 Å². The van der Waals surface area contributed by atoms with Crippen LogP contribution in [0.25, 0.3) is 10.8 Å². The Morgan fingerprint density at radius 2 is 1.33 bits per heavy atom. The van der Waals surface area contributed by atoms with Crippen molar-refractivity contribution in [3.63, 3.8) is 0 Å². The molecule has 0 spiro atoms. The lowest BCUT2D eigenvalue weighted by Crippen LogP contribution is -2.44. The standard InChI is InChI=1S/C30H27N3O3/c1-30(26-17-16-24-14-8-9-15-25(24)18-26)28(35)33(29(36)31-30)21-27(34)32(19-22-10-4-2-5-11-22)20-23-12-6-3-7-13-23/h2-18H,19-21H2,1H3,(H,31,36)/t30-/m0/s1. The first-order valence-corrected chi connectivity index (χ1v) is 11.9. The highest BCUT2D eigenvalue weighted by molar-refractivity contribution is 6.09. The van der Waals surface area contributed by atoms with Crippen molar-refractivity contribution in [2.45, 2.75) is 25.6 Å². The number of fused-ring (bicyclic) bond motifs is 1. The number of urea groups is 1. The molecule has 0 aromatic heterocycles. The van der Waals surface area contributed by atoms with Gasteiger partial charge in [0.25, 0.3) is 5.91 Å². The molecule has 5 rings (SSSR count). The maximum Gasteiger partial charge on any atom is 0.325 e. The van der Waals surface area contributed by atoms with Gasteiger partial charge in [0, 0.05) is 13.1 Å². The normalized spacial score (nSPS) is 17.3. The Morgan fingerprint density at radius 1 is 0.778 bits per heavy atom. The Labute approximate surface area is 210 Å². The summed E-state index contributed by atoms with van der Waals surface area (Å²) in [4.78, 5) is 42.6. The van der Waals surface area contributed by atoms with Crippen LogP contribution in [0, 0.1) is 0 Å². The maximum atomic E-state index is 13.5. The molecule has 6 heteroatoms. The van der Waals surface area contributed by atoms with Crippen LogP contribution in [0.4, 0.5) is 4.79 Å². The van der Waals surface area contributed by atoms with Gasteiger partial charge in [0.1, 0.15) is 12.1 Å². The van der Waals surface area contributed by atoms with Crippen LogP contribution < -0.4 is 5.32 Å². The second-order valence-electron chi connectivity index (χ2n) is 9.23. The van der Waals surface area contributed by atoms with Crippen LogP contribution >= 0.6 is 0 Å². The summed E-state index contributed by atoms with van der Waals surface area (Å²) in [7, 11) is 0. The number of imide groups is 1. The van der Waals surface area contributed by atoms with Gasteiger partial charge in [-0.1, -0.05) is 97.1 Å². The number of hydrogen-bond acceptors (Lipinski definition) is 3. The Morgan fingerprint density at radius 3 is 1.94 bits per heavy atom. The van der Waals surface area contributed by atoms with E-state index in [1.165, 1.54) is 0 Å². The summed E-state index contributed by atoms with van der Waals surface area (Å²) in [6.45, 7) is 2.11. The number of carbonyl (C=O) groups is 3. The van der Waals surface area contributed by atoms with E-state index in [0.717, 1.165) is 26.8 Å². The van der Waals surface area contributed by atoms with E-state index in [9.17, 15) is 14.4 Å². The number of nitrogens with zero attached hydrogens (tertiary/aromatic N) is 2. The highest BCUT2D eigenvalue weighted by atomic mass is 16.2. The summed E-state index contributed by atoms with van der Waals surface area (Å²) < 4.78 is 0. The summed E-state index contributed by atoms with van der Waals surface area (Å²) in [5.41, 5.74) is 1.38. The zero-order valence-electron chi connectivity index (χ0n) is 20.1. The molecule has 0 unspecified atom stereocenters. The first-order chi connectivity index (χ1) is 17.4. The van der Waals surface area contributed by atoms with Crippen LogP contribution in [0.2, 0.25) is 0 Å². The van der Waals surface area contributed by atoms with Gasteiger partial charge in [-0.15, -0.1) is 0 Å². The van der Waals surface area contributed by atoms with Gasteiger partial charge in [-0.3, -0.25) is 14.5 Å². The number of hydrogen-bond donors (Lipinski definition) is 1. The van der Waals surface area contributed by atoms with Crippen molar-refractivity contribution in [1.29, 1.82) is 0 Å². The van der Waals surface area contributed by atoms with E-state index in [1.54, 1.807) is 11.8 Å². The van der Waals surface area contributed by atoms with Gasteiger partial charge in [0.2, 0.25) is 5.91 Å². The molecule has 6 nitrogen and oxygen atoms in total. The van der Waals surface area contributed by atoms with Crippen molar-refractivity contribution >= 4 is 28.6 Å². The number of benzene rings is 4. The van der Waals surface area contributed by atoms with E-state index in [0.29, 0.717) is 18.7 Å². The zero-order chi connectivity index (χ0) is 25.1. The minimum atomic E-state index is -1.24. The number of nitrogens with one attached hydrogen (secondary N) is 1. The summed E-state index contributed by atoms with van der Waals surface area (Å²) in [6, 6.07) is 32.3. The molecular weight excluding hydrogens is 450 g/mol. The Bertz CT molecular complexity index is 1380. The van der Waals surface area contributed by atoms with Crippen LogP contribution in [0.1, 0.15) is 23.6 Å². The Kier molecular flexibility index (Phi) is 6.25. The van der Waals surface area contributed by atoms with Crippen molar-refractivity contribution in [2.24, 2.45) is 0 Å². The lowest BCUT2D eigenvalue weighted by Gasteiger charge is -2.26. The molecule has 0 aliphatic carbocycles. The molecule has 4 aromatic carbocycles. The predicted octanol–water partition coefficient (Wildman–Crippen LogP) is 4.84. The molecule has 0 bridgehead atoms. The molecule has 1 saturated heterocycles. The molecule has 36 heavy (non-hydrogen) atoms. The van der Waals surface area contributed by atoms with Gasteiger partial charge in [-0.05, 0) is 40.5 Å². The number of amides is 4. The van der Waals surface area contributed by atoms with E-state index in [2.05, 4.69) is 5.32 Å². The number of rotatable bonds is 7. The third kappa shape index (κ3) is 4.58. The van der Waals surface area contributed by atoms with Crippen LogP contribution in [0.15, 0.2) is 103 Å². The fourth-order valence-corrected chi connectivity index (χ4v) is 4.61. The molecule has 1 fully saturated rings. The van der Waals surface area contributed by atoms with Crippen LogP contribution in [-0.4, -0.2) is 34.2 Å². The maximum absolute atomic E-state index is 13.5. The second kappa shape index (κ2) is 9.66.